The molecule has 1 aromatic carbocycles. The highest BCUT2D eigenvalue weighted by Gasteiger charge is 2.19. The van der Waals surface area contributed by atoms with Gasteiger partial charge in [0.05, 0.1) is 26.0 Å². The van der Waals surface area contributed by atoms with E-state index < -0.39 is 0 Å². The van der Waals surface area contributed by atoms with E-state index in [-0.39, 0.29) is 30.1 Å². The average Bonchev–Trinajstić information content (AvgIpc) is 3.51. The molecule has 2 N–H and O–H groups in total. The van der Waals surface area contributed by atoms with Gasteiger partial charge in [0.2, 0.25) is 0 Å². The molecular weight excluding hydrogens is 505 g/mol. The molecule has 1 aliphatic heterocycles. The zero-order chi connectivity index (χ0) is 20.6. The van der Waals surface area contributed by atoms with Crippen LogP contribution in [0.25, 0.3) is 0 Å². The van der Waals surface area contributed by atoms with Crippen molar-refractivity contribution >= 4 is 29.9 Å². The summed E-state index contributed by atoms with van der Waals surface area (Å²) >= 11 is 0. The minimum atomic E-state index is 0. The van der Waals surface area contributed by atoms with Gasteiger partial charge in [0.25, 0.3) is 0 Å². The number of rotatable bonds is 8. The van der Waals surface area contributed by atoms with E-state index in [0.717, 1.165) is 49.0 Å². The Balaban J connectivity index is 0.00000272. The Morgan fingerprint density at radius 2 is 2.06 bits per heavy atom. The van der Waals surface area contributed by atoms with Gasteiger partial charge in [-0.15, -0.1) is 24.0 Å². The van der Waals surface area contributed by atoms with E-state index >= 15 is 0 Å². The van der Waals surface area contributed by atoms with Crippen LogP contribution in [-0.4, -0.2) is 37.9 Å². The van der Waals surface area contributed by atoms with E-state index in [1.54, 1.807) is 6.26 Å². The molecule has 7 heteroatoms. The number of nitrogens with one attached hydrogen (secondary N) is 2. The van der Waals surface area contributed by atoms with Crippen LogP contribution >= 0.6 is 24.0 Å². The summed E-state index contributed by atoms with van der Waals surface area (Å²) in [5, 5.41) is 7.09. The normalized spacial score (nSPS) is 19.3. The van der Waals surface area contributed by atoms with Gasteiger partial charge >= 0.3 is 0 Å². The largest absolute Gasteiger partial charge is 0.488 e. The standard InChI is InChI=1S/C24H33N3O3.HI/c1-18-8-9-19(23(15-18)30-22-11-14-28-17-22)16-26-24(27-20-5-2-3-6-20)25-12-10-21-7-4-13-29-21;/h4,7-9,13,15,20,22H,2-3,5-6,10-12,14,16-17H2,1H3,(H2,25,26,27);1H. The smallest absolute Gasteiger partial charge is 0.191 e. The van der Waals surface area contributed by atoms with Gasteiger partial charge in [-0.3, -0.25) is 0 Å². The molecule has 31 heavy (non-hydrogen) atoms. The predicted molar refractivity (Wildman–Crippen MR) is 133 cm³/mol. The first-order valence-corrected chi connectivity index (χ1v) is 11.2. The van der Waals surface area contributed by atoms with Crippen LogP contribution in [0.2, 0.25) is 0 Å². The second-order valence-electron chi connectivity index (χ2n) is 8.26. The van der Waals surface area contributed by atoms with Crippen molar-refractivity contribution < 1.29 is 13.9 Å². The molecule has 0 radical (unpaired) electrons. The zero-order valence-corrected chi connectivity index (χ0v) is 20.6. The van der Waals surface area contributed by atoms with Crippen molar-refractivity contribution in [3.63, 3.8) is 0 Å². The molecule has 0 spiro atoms. The van der Waals surface area contributed by atoms with Gasteiger partial charge in [-0.05, 0) is 43.5 Å². The van der Waals surface area contributed by atoms with E-state index in [1.165, 1.54) is 31.2 Å². The van der Waals surface area contributed by atoms with Crippen molar-refractivity contribution in [1.29, 1.82) is 0 Å². The fourth-order valence-electron chi connectivity index (χ4n) is 4.03. The van der Waals surface area contributed by atoms with Crippen molar-refractivity contribution in [2.75, 3.05) is 19.8 Å². The predicted octanol–water partition coefficient (Wildman–Crippen LogP) is 4.59. The topological polar surface area (TPSA) is 68.0 Å². The quantitative estimate of drug-likeness (QED) is 0.292. The third kappa shape index (κ3) is 7.42. The number of ether oxygens (including phenoxy) is 2. The Morgan fingerprint density at radius 1 is 1.19 bits per heavy atom. The summed E-state index contributed by atoms with van der Waals surface area (Å²) in [6, 6.07) is 10.8. The molecule has 0 bridgehead atoms. The van der Waals surface area contributed by atoms with Crippen LogP contribution in [0.1, 0.15) is 49.0 Å². The molecular formula is C24H34IN3O3. The number of aryl methyl sites for hydroxylation is 1. The first kappa shape index (κ1) is 23.9. The summed E-state index contributed by atoms with van der Waals surface area (Å²) in [6.45, 7) is 4.89. The third-order valence-electron chi connectivity index (χ3n) is 5.75. The van der Waals surface area contributed by atoms with E-state index in [2.05, 4.69) is 35.8 Å². The van der Waals surface area contributed by atoms with Crippen molar-refractivity contribution in [3.8, 4) is 5.75 Å². The van der Waals surface area contributed by atoms with Crippen LogP contribution in [0.5, 0.6) is 5.75 Å². The Labute approximate surface area is 202 Å². The van der Waals surface area contributed by atoms with Gasteiger partial charge in [-0.2, -0.15) is 0 Å². The maximum Gasteiger partial charge on any atom is 0.191 e. The Hall–Kier alpha value is -1.74. The lowest BCUT2D eigenvalue weighted by Gasteiger charge is -2.18. The molecule has 170 valence electrons. The lowest BCUT2D eigenvalue weighted by Crippen LogP contribution is -2.43. The Bertz CT molecular complexity index is 813. The van der Waals surface area contributed by atoms with Gasteiger partial charge < -0.3 is 24.5 Å². The second kappa shape index (κ2) is 12.3. The van der Waals surface area contributed by atoms with Crippen LogP contribution in [0, 0.1) is 6.92 Å². The van der Waals surface area contributed by atoms with Crippen LogP contribution in [0.15, 0.2) is 46.0 Å². The van der Waals surface area contributed by atoms with Crippen molar-refractivity contribution in [3.05, 3.63) is 53.5 Å². The molecule has 2 aliphatic rings. The molecule has 2 fully saturated rings. The van der Waals surface area contributed by atoms with Gasteiger partial charge in [0.1, 0.15) is 17.6 Å². The number of nitrogens with zero attached hydrogens (tertiary/aromatic N) is 1. The third-order valence-corrected chi connectivity index (χ3v) is 5.75. The number of aliphatic imine (C=N–C) groups is 1. The second-order valence-corrected chi connectivity index (χ2v) is 8.26. The van der Waals surface area contributed by atoms with Crippen LogP contribution in [-0.2, 0) is 17.7 Å². The first-order chi connectivity index (χ1) is 14.8. The minimum absolute atomic E-state index is 0. The SMILES string of the molecule is Cc1ccc(CN=C(NCCc2ccco2)NC2CCCC2)c(OC2CCOC2)c1.I. The lowest BCUT2D eigenvalue weighted by atomic mass is 10.1. The number of furan rings is 1. The number of hydrogen-bond acceptors (Lipinski definition) is 4. The lowest BCUT2D eigenvalue weighted by molar-refractivity contribution is 0.140. The number of benzene rings is 1. The van der Waals surface area contributed by atoms with Crippen molar-refractivity contribution in [2.45, 2.75) is 64.1 Å². The zero-order valence-electron chi connectivity index (χ0n) is 18.3. The summed E-state index contributed by atoms with van der Waals surface area (Å²) in [5.41, 5.74) is 2.29. The van der Waals surface area contributed by atoms with E-state index in [4.69, 9.17) is 18.9 Å². The van der Waals surface area contributed by atoms with Crippen LogP contribution in [0.3, 0.4) is 0 Å². The monoisotopic (exact) mass is 539 g/mol. The minimum Gasteiger partial charge on any atom is -0.488 e. The highest BCUT2D eigenvalue weighted by molar-refractivity contribution is 14.0. The molecule has 0 amide bonds. The van der Waals surface area contributed by atoms with Crippen molar-refractivity contribution in [1.82, 2.24) is 10.6 Å². The molecule has 1 saturated carbocycles. The van der Waals surface area contributed by atoms with Crippen LogP contribution < -0.4 is 15.4 Å². The molecule has 6 nitrogen and oxygen atoms in total. The molecule has 1 unspecified atom stereocenters. The van der Waals surface area contributed by atoms with Crippen molar-refractivity contribution in [2.24, 2.45) is 4.99 Å². The van der Waals surface area contributed by atoms with E-state index in [0.29, 0.717) is 19.2 Å². The van der Waals surface area contributed by atoms with E-state index in [9.17, 15) is 0 Å². The first-order valence-electron chi connectivity index (χ1n) is 11.2. The fraction of sp³-hybridized carbons (Fsp3) is 0.542. The number of halogens is 1. The average molecular weight is 539 g/mol. The van der Waals surface area contributed by atoms with Crippen LogP contribution in [0.4, 0.5) is 0 Å². The highest BCUT2D eigenvalue weighted by Crippen LogP contribution is 2.24. The fourth-order valence-corrected chi connectivity index (χ4v) is 4.03. The maximum absolute atomic E-state index is 6.24. The van der Waals surface area contributed by atoms with E-state index in [1.807, 2.05) is 12.1 Å². The summed E-state index contributed by atoms with van der Waals surface area (Å²) < 4.78 is 17.1. The molecule has 1 atom stereocenters. The Kier molecular flexibility index (Phi) is 9.52. The Morgan fingerprint density at radius 3 is 2.81 bits per heavy atom. The summed E-state index contributed by atoms with van der Waals surface area (Å²) in [4.78, 5) is 4.89. The highest BCUT2D eigenvalue weighted by atomic mass is 127. The van der Waals surface area contributed by atoms with Gasteiger partial charge in [0.15, 0.2) is 5.96 Å². The molecule has 1 aliphatic carbocycles. The van der Waals surface area contributed by atoms with Gasteiger partial charge in [0, 0.05) is 31.0 Å². The molecule has 1 saturated heterocycles. The molecule has 2 heterocycles. The molecule has 4 rings (SSSR count). The summed E-state index contributed by atoms with van der Waals surface area (Å²) in [7, 11) is 0. The number of guanidine groups is 1. The maximum atomic E-state index is 6.24. The molecule has 1 aromatic heterocycles. The van der Waals surface area contributed by atoms with Gasteiger partial charge in [-0.25, -0.2) is 4.99 Å². The number of hydrogen-bond donors (Lipinski definition) is 2. The molecule has 2 aromatic rings. The summed E-state index contributed by atoms with van der Waals surface area (Å²) in [6.07, 6.45) is 8.62. The van der Waals surface area contributed by atoms with Gasteiger partial charge in [-0.1, -0.05) is 25.0 Å². The summed E-state index contributed by atoms with van der Waals surface area (Å²) in [5.74, 6) is 2.77.